The van der Waals surface area contributed by atoms with E-state index in [2.05, 4.69) is 16.9 Å². The molecule has 0 unspecified atom stereocenters. The van der Waals surface area contributed by atoms with E-state index < -0.39 is 0 Å². The maximum absolute atomic E-state index is 5.80. The number of alkyl halides is 1. The predicted molar refractivity (Wildman–Crippen MR) is 51.2 cm³/mol. The van der Waals surface area contributed by atoms with Gasteiger partial charge in [-0.05, 0) is 13.3 Å². The maximum atomic E-state index is 5.80. The molecule has 0 bridgehead atoms. The minimum Gasteiger partial charge on any atom is -0.387 e. The highest BCUT2D eigenvalue weighted by atomic mass is 35.5. The summed E-state index contributed by atoms with van der Waals surface area (Å²) >= 11 is 5.80. The first-order valence-electron chi connectivity index (χ1n) is 3.67. The van der Waals surface area contributed by atoms with Gasteiger partial charge in [0, 0.05) is 12.7 Å². The SMILES string of the molecule is C=C(NC)C(C)=N[C@@H](Cl)CC. The van der Waals surface area contributed by atoms with Gasteiger partial charge in [-0.2, -0.15) is 0 Å². The van der Waals surface area contributed by atoms with E-state index >= 15 is 0 Å². The van der Waals surface area contributed by atoms with Crippen LogP contribution in [0, 0.1) is 0 Å². The minimum atomic E-state index is -0.125. The molecule has 64 valence electrons. The molecule has 0 spiro atoms. The van der Waals surface area contributed by atoms with Crippen molar-refractivity contribution in [1.29, 1.82) is 0 Å². The van der Waals surface area contributed by atoms with Gasteiger partial charge < -0.3 is 5.32 Å². The lowest BCUT2D eigenvalue weighted by Gasteiger charge is -2.05. The van der Waals surface area contributed by atoms with Crippen LogP contribution in [0.3, 0.4) is 0 Å². The second-order valence-corrected chi connectivity index (χ2v) is 2.79. The van der Waals surface area contributed by atoms with Crippen molar-refractivity contribution < 1.29 is 0 Å². The Balaban J connectivity index is 4.09. The molecule has 3 heteroatoms. The number of nitrogens with one attached hydrogen (secondary N) is 1. The number of hydrogen-bond acceptors (Lipinski definition) is 2. The second-order valence-electron chi connectivity index (χ2n) is 2.29. The largest absolute Gasteiger partial charge is 0.387 e. The Hall–Kier alpha value is -0.500. The average molecular weight is 175 g/mol. The molecule has 0 aliphatic rings. The first-order chi connectivity index (χ1) is 5.11. The van der Waals surface area contributed by atoms with Crippen molar-refractivity contribution in [2.45, 2.75) is 25.8 Å². The topological polar surface area (TPSA) is 24.4 Å². The van der Waals surface area contributed by atoms with Crippen LogP contribution in [0.15, 0.2) is 17.3 Å². The van der Waals surface area contributed by atoms with Gasteiger partial charge in [0.1, 0.15) is 5.50 Å². The molecule has 0 saturated heterocycles. The Labute approximate surface area is 73.4 Å². The van der Waals surface area contributed by atoms with Crippen molar-refractivity contribution >= 4 is 17.3 Å². The summed E-state index contributed by atoms with van der Waals surface area (Å²) in [7, 11) is 1.82. The van der Waals surface area contributed by atoms with E-state index in [0.717, 1.165) is 17.8 Å². The zero-order valence-corrected chi connectivity index (χ0v) is 8.07. The number of rotatable bonds is 4. The van der Waals surface area contributed by atoms with E-state index in [4.69, 9.17) is 11.6 Å². The molecule has 0 rings (SSSR count). The zero-order chi connectivity index (χ0) is 8.85. The molecule has 0 aromatic rings. The lowest BCUT2D eigenvalue weighted by atomic mass is 10.3. The molecule has 0 aliphatic heterocycles. The Bertz CT molecular complexity index is 163. The molecule has 11 heavy (non-hydrogen) atoms. The summed E-state index contributed by atoms with van der Waals surface area (Å²) in [5.74, 6) is 0. The number of halogens is 1. The molecule has 0 aromatic carbocycles. The van der Waals surface area contributed by atoms with Crippen LogP contribution in [0.25, 0.3) is 0 Å². The molecule has 1 atom stereocenters. The molecule has 0 heterocycles. The van der Waals surface area contributed by atoms with Crippen LogP contribution in [-0.2, 0) is 0 Å². The molecule has 0 radical (unpaired) electrons. The van der Waals surface area contributed by atoms with E-state index in [-0.39, 0.29) is 5.50 Å². The fourth-order valence-corrected chi connectivity index (χ4v) is 0.707. The molecule has 0 aliphatic carbocycles. The van der Waals surface area contributed by atoms with E-state index in [1.807, 2.05) is 20.9 Å². The average Bonchev–Trinajstić information content (AvgIpc) is 2.02. The van der Waals surface area contributed by atoms with E-state index in [1.54, 1.807) is 0 Å². The summed E-state index contributed by atoms with van der Waals surface area (Å²) in [6.45, 7) is 7.65. The molecule has 0 amide bonds. The quantitative estimate of drug-likeness (QED) is 0.394. The molecule has 2 nitrogen and oxygen atoms in total. The highest BCUT2D eigenvalue weighted by Gasteiger charge is 1.99. The lowest BCUT2D eigenvalue weighted by molar-refractivity contribution is 0.854. The molecule has 0 fully saturated rings. The highest BCUT2D eigenvalue weighted by Crippen LogP contribution is 2.04. The number of nitrogens with zero attached hydrogens (tertiary/aromatic N) is 1. The standard InChI is InChI=1S/C8H15ClN2/c1-5-8(9)11-7(3)6(2)10-4/h8,10H,2,5H2,1,3-4H3/t8-/m1/s1. The normalized spacial score (nSPS) is 14.4. The predicted octanol–water partition coefficient (Wildman–Crippen LogP) is 2.16. The van der Waals surface area contributed by atoms with Gasteiger partial charge in [0.25, 0.3) is 0 Å². The summed E-state index contributed by atoms with van der Waals surface area (Å²) in [6.07, 6.45) is 0.843. The van der Waals surface area contributed by atoms with Gasteiger partial charge in [-0.3, -0.25) is 4.99 Å². The summed E-state index contributed by atoms with van der Waals surface area (Å²) in [5, 5.41) is 2.91. The minimum absolute atomic E-state index is 0.125. The zero-order valence-electron chi connectivity index (χ0n) is 7.32. The fraction of sp³-hybridized carbons (Fsp3) is 0.625. The van der Waals surface area contributed by atoms with E-state index in [0.29, 0.717) is 0 Å². The van der Waals surface area contributed by atoms with Crippen molar-refractivity contribution in [3.63, 3.8) is 0 Å². The van der Waals surface area contributed by atoms with Gasteiger partial charge in [0.15, 0.2) is 0 Å². The monoisotopic (exact) mass is 174 g/mol. The van der Waals surface area contributed by atoms with Crippen molar-refractivity contribution in [3.05, 3.63) is 12.3 Å². The fourth-order valence-electron chi connectivity index (χ4n) is 0.560. The van der Waals surface area contributed by atoms with Crippen LogP contribution < -0.4 is 5.32 Å². The van der Waals surface area contributed by atoms with Crippen molar-refractivity contribution in [2.75, 3.05) is 7.05 Å². The Kier molecular flexibility index (Phi) is 4.95. The van der Waals surface area contributed by atoms with Crippen LogP contribution in [0.2, 0.25) is 0 Å². The number of allylic oxidation sites excluding steroid dienone is 1. The molecular weight excluding hydrogens is 160 g/mol. The van der Waals surface area contributed by atoms with Crippen molar-refractivity contribution in [3.8, 4) is 0 Å². The summed E-state index contributed by atoms with van der Waals surface area (Å²) in [5.41, 5.74) is 1.57. The Morgan fingerprint density at radius 2 is 2.27 bits per heavy atom. The second kappa shape index (κ2) is 5.19. The first kappa shape index (κ1) is 10.5. The van der Waals surface area contributed by atoms with Crippen LogP contribution in [0.4, 0.5) is 0 Å². The van der Waals surface area contributed by atoms with Crippen LogP contribution in [-0.4, -0.2) is 18.3 Å². The van der Waals surface area contributed by atoms with E-state index in [1.165, 1.54) is 0 Å². The Morgan fingerprint density at radius 1 is 1.73 bits per heavy atom. The van der Waals surface area contributed by atoms with Crippen molar-refractivity contribution in [1.82, 2.24) is 5.32 Å². The van der Waals surface area contributed by atoms with Gasteiger partial charge in [0.2, 0.25) is 0 Å². The molecule has 0 saturated carbocycles. The van der Waals surface area contributed by atoms with Gasteiger partial charge in [-0.25, -0.2) is 0 Å². The summed E-state index contributed by atoms with van der Waals surface area (Å²) in [4.78, 5) is 4.19. The Morgan fingerprint density at radius 3 is 2.64 bits per heavy atom. The molecule has 0 aromatic heterocycles. The first-order valence-corrected chi connectivity index (χ1v) is 4.11. The summed E-state index contributed by atoms with van der Waals surface area (Å²) in [6, 6.07) is 0. The molecule has 1 N–H and O–H groups in total. The lowest BCUT2D eigenvalue weighted by Crippen LogP contribution is -2.13. The van der Waals surface area contributed by atoms with Gasteiger partial charge in [0.05, 0.1) is 5.71 Å². The van der Waals surface area contributed by atoms with Crippen LogP contribution in [0.5, 0.6) is 0 Å². The number of hydrogen-bond donors (Lipinski definition) is 1. The third-order valence-corrected chi connectivity index (χ3v) is 1.82. The van der Waals surface area contributed by atoms with Gasteiger partial charge >= 0.3 is 0 Å². The van der Waals surface area contributed by atoms with Crippen LogP contribution >= 0.6 is 11.6 Å². The third-order valence-electron chi connectivity index (χ3n) is 1.41. The molecular formula is C8H15ClN2. The number of aliphatic imine (C=N–C) groups is 1. The maximum Gasteiger partial charge on any atom is 0.123 e. The smallest absolute Gasteiger partial charge is 0.123 e. The highest BCUT2D eigenvalue weighted by molar-refractivity contribution is 6.21. The third kappa shape index (κ3) is 4.04. The van der Waals surface area contributed by atoms with Crippen LogP contribution in [0.1, 0.15) is 20.3 Å². The van der Waals surface area contributed by atoms with Gasteiger partial charge in [-0.1, -0.05) is 25.1 Å². The summed E-state index contributed by atoms with van der Waals surface area (Å²) < 4.78 is 0. The van der Waals surface area contributed by atoms with E-state index in [9.17, 15) is 0 Å². The van der Waals surface area contributed by atoms with Crippen molar-refractivity contribution in [2.24, 2.45) is 4.99 Å². The van der Waals surface area contributed by atoms with Gasteiger partial charge in [-0.15, -0.1) is 0 Å².